The average molecular weight is 340 g/mol. The molecule has 0 bridgehead atoms. The lowest BCUT2D eigenvalue weighted by Gasteiger charge is -2.08. The Morgan fingerprint density at radius 3 is 2.08 bits per heavy atom. The van der Waals surface area contributed by atoms with Crippen molar-refractivity contribution in [2.75, 3.05) is 0 Å². The molecule has 5 heteroatoms. The summed E-state index contributed by atoms with van der Waals surface area (Å²) < 4.78 is 15.5. The first-order valence-corrected chi connectivity index (χ1v) is 8.27. The lowest BCUT2D eigenvalue weighted by atomic mass is 10.1. The lowest BCUT2D eigenvalue weighted by Crippen LogP contribution is -1.98. The third-order valence-corrected chi connectivity index (χ3v) is 4.39. The topological polar surface area (TPSA) is 43.1 Å². The monoisotopic (exact) mass is 340 g/mol. The highest BCUT2D eigenvalue weighted by Gasteiger charge is 2.18. The van der Waals surface area contributed by atoms with Gasteiger partial charge in [0.15, 0.2) is 0 Å². The van der Waals surface area contributed by atoms with Gasteiger partial charge in [0.05, 0.1) is 16.7 Å². The molecule has 0 aliphatic heterocycles. The molecule has 0 radical (unpaired) electrons. The van der Waals surface area contributed by atoms with Crippen LogP contribution in [0.4, 0.5) is 4.39 Å². The minimum Gasteiger partial charge on any atom is -0.244 e. The van der Waals surface area contributed by atoms with Crippen molar-refractivity contribution in [3.05, 3.63) is 84.7 Å². The summed E-state index contributed by atoms with van der Waals surface area (Å²) in [5.41, 5.74) is 5.43. The summed E-state index contributed by atoms with van der Waals surface area (Å²) >= 11 is 0. The van der Waals surface area contributed by atoms with Gasteiger partial charge in [0.1, 0.15) is 17.0 Å². The molecule has 0 aliphatic rings. The third kappa shape index (κ3) is 2.25. The summed E-state index contributed by atoms with van der Waals surface area (Å²) in [7, 11) is 0. The highest BCUT2D eigenvalue weighted by Crippen LogP contribution is 2.32. The number of aromatic nitrogens is 4. The fraction of sp³-hybridized carbons (Fsp3) is 0. The summed E-state index contributed by atoms with van der Waals surface area (Å²) in [5.74, 6) is -0.329. The number of hydrogen-bond donors (Lipinski definition) is 0. The van der Waals surface area contributed by atoms with Crippen molar-refractivity contribution < 1.29 is 4.39 Å². The maximum Gasteiger partial charge on any atom is 0.125 e. The smallest absolute Gasteiger partial charge is 0.125 e. The molecule has 26 heavy (non-hydrogen) atoms. The van der Waals surface area contributed by atoms with Crippen molar-refractivity contribution in [3.8, 4) is 22.5 Å². The van der Waals surface area contributed by atoms with Crippen LogP contribution in [0.5, 0.6) is 0 Å². The van der Waals surface area contributed by atoms with Crippen molar-refractivity contribution in [1.82, 2.24) is 19.8 Å². The third-order valence-electron chi connectivity index (χ3n) is 4.39. The molecule has 4 nitrogen and oxygen atoms in total. The number of nitrogens with zero attached hydrogens (tertiary/aromatic N) is 4. The van der Waals surface area contributed by atoms with Crippen molar-refractivity contribution in [3.63, 3.8) is 0 Å². The highest BCUT2D eigenvalue weighted by atomic mass is 19.1. The Morgan fingerprint density at radius 1 is 0.731 bits per heavy atom. The van der Waals surface area contributed by atoms with E-state index in [4.69, 9.17) is 4.98 Å². The van der Waals surface area contributed by atoms with Crippen molar-refractivity contribution in [2.45, 2.75) is 0 Å². The molecule has 2 heterocycles. The van der Waals surface area contributed by atoms with E-state index in [9.17, 15) is 4.39 Å². The number of hydrogen-bond acceptors (Lipinski definition) is 3. The number of fused-ring (bicyclic) bond motifs is 3. The second kappa shape index (κ2) is 5.74. The molecule has 0 aliphatic carbocycles. The van der Waals surface area contributed by atoms with Gasteiger partial charge in [-0.25, -0.2) is 13.9 Å². The molecule has 0 unspecified atom stereocenters. The molecule has 0 fully saturated rings. The van der Waals surface area contributed by atoms with E-state index in [0.717, 1.165) is 28.0 Å². The van der Waals surface area contributed by atoms with E-state index >= 15 is 0 Å². The Morgan fingerprint density at radius 2 is 1.38 bits per heavy atom. The molecule has 0 atom stereocenters. The molecule has 0 saturated heterocycles. The van der Waals surface area contributed by atoms with Crippen LogP contribution in [0.2, 0.25) is 0 Å². The van der Waals surface area contributed by atoms with Gasteiger partial charge < -0.3 is 0 Å². The largest absolute Gasteiger partial charge is 0.244 e. The van der Waals surface area contributed by atoms with Crippen LogP contribution >= 0.6 is 0 Å². The van der Waals surface area contributed by atoms with Gasteiger partial charge in [-0.15, -0.1) is 5.10 Å². The summed E-state index contributed by atoms with van der Waals surface area (Å²) in [5, 5.41) is 8.69. The average Bonchev–Trinajstić information content (AvgIpc) is 3.14. The Kier molecular flexibility index (Phi) is 3.25. The van der Waals surface area contributed by atoms with Gasteiger partial charge in [-0.1, -0.05) is 65.9 Å². The van der Waals surface area contributed by atoms with Gasteiger partial charge in [0.2, 0.25) is 0 Å². The zero-order valence-electron chi connectivity index (χ0n) is 13.7. The summed E-state index contributed by atoms with van der Waals surface area (Å²) in [6.07, 6.45) is 0. The first kappa shape index (κ1) is 14.7. The Labute approximate surface area is 148 Å². The van der Waals surface area contributed by atoms with Crippen LogP contribution < -0.4 is 0 Å². The zero-order chi connectivity index (χ0) is 17.5. The molecule has 5 rings (SSSR count). The SMILES string of the molecule is Fc1ccc2nc(-c3ccccc3)c3c(-c4ccccc4)nnn3c2c1. The van der Waals surface area contributed by atoms with E-state index in [1.807, 2.05) is 60.7 Å². The number of halogens is 1. The van der Waals surface area contributed by atoms with Crippen LogP contribution in [-0.4, -0.2) is 19.8 Å². The minimum absolute atomic E-state index is 0.329. The van der Waals surface area contributed by atoms with Gasteiger partial charge in [-0.3, -0.25) is 0 Å². The minimum atomic E-state index is -0.329. The molecule has 3 aromatic carbocycles. The van der Waals surface area contributed by atoms with Crippen LogP contribution in [0.15, 0.2) is 78.9 Å². The highest BCUT2D eigenvalue weighted by molar-refractivity contribution is 5.94. The van der Waals surface area contributed by atoms with E-state index in [2.05, 4.69) is 10.3 Å². The molecular formula is C21H13FN4. The van der Waals surface area contributed by atoms with Gasteiger partial charge in [0.25, 0.3) is 0 Å². The van der Waals surface area contributed by atoms with Gasteiger partial charge in [-0.05, 0) is 12.1 Å². The molecule has 124 valence electrons. The van der Waals surface area contributed by atoms with Crippen molar-refractivity contribution in [1.29, 1.82) is 0 Å². The van der Waals surface area contributed by atoms with Crippen LogP contribution in [0.25, 0.3) is 39.1 Å². The van der Waals surface area contributed by atoms with Crippen molar-refractivity contribution >= 4 is 16.6 Å². The Bertz CT molecular complexity index is 1230. The fourth-order valence-electron chi connectivity index (χ4n) is 3.18. The quantitative estimate of drug-likeness (QED) is 0.466. The van der Waals surface area contributed by atoms with Gasteiger partial charge in [-0.2, -0.15) is 0 Å². The van der Waals surface area contributed by atoms with Crippen molar-refractivity contribution in [2.24, 2.45) is 0 Å². The summed E-state index contributed by atoms with van der Waals surface area (Å²) in [6.45, 7) is 0. The van der Waals surface area contributed by atoms with Crippen LogP contribution in [-0.2, 0) is 0 Å². The van der Waals surface area contributed by atoms with Crippen LogP contribution in [0, 0.1) is 5.82 Å². The van der Waals surface area contributed by atoms with Gasteiger partial charge in [0, 0.05) is 17.2 Å². The normalized spacial score (nSPS) is 11.3. The molecule has 0 saturated carbocycles. The van der Waals surface area contributed by atoms with Crippen LogP contribution in [0.1, 0.15) is 0 Å². The zero-order valence-corrected chi connectivity index (χ0v) is 13.7. The maximum atomic E-state index is 13.8. The van der Waals surface area contributed by atoms with E-state index in [0.29, 0.717) is 11.0 Å². The fourth-order valence-corrected chi connectivity index (χ4v) is 3.18. The van der Waals surface area contributed by atoms with E-state index in [1.165, 1.54) is 12.1 Å². The van der Waals surface area contributed by atoms with Gasteiger partial charge >= 0.3 is 0 Å². The predicted molar refractivity (Wildman–Crippen MR) is 99.1 cm³/mol. The van der Waals surface area contributed by atoms with E-state index < -0.39 is 0 Å². The van der Waals surface area contributed by atoms with E-state index in [1.54, 1.807) is 10.6 Å². The Balaban J connectivity index is 1.94. The van der Waals surface area contributed by atoms with Crippen LogP contribution in [0.3, 0.4) is 0 Å². The number of rotatable bonds is 2. The van der Waals surface area contributed by atoms with E-state index in [-0.39, 0.29) is 5.82 Å². The first-order chi connectivity index (χ1) is 12.8. The molecular weight excluding hydrogens is 327 g/mol. The summed E-state index contributed by atoms with van der Waals surface area (Å²) in [4.78, 5) is 4.81. The summed E-state index contributed by atoms with van der Waals surface area (Å²) in [6, 6.07) is 24.2. The second-order valence-corrected chi connectivity index (χ2v) is 6.02. The maximum absolute atomic E-state index is 13.8. The molecule has 0 N–H and O–H groups in total. The lowest BCUT2D eigenvalue weighted by molar-refractivity contribution is 0.628. The number of benzene rings is 3. The Hall–Kier alpha value is -3.60. The first-order valence-electron chi connectivity index (χ1n) is 8.27. The standard InChI is InChI=1S/C21H13FN4/c22-16-11-12-17-18(13-16)26-21(19(23-17)14-7-3-1-4-8-14)20(24-25-26)15-9-5-2-6-10-15/h1-13H. The second-order valence-electron chi connectivity index (χ2n) is 6.02. The molecule has 2 aromatic heterocycles. The molecule has 5 aromatic rings. The predicted octanol–water partition coefficient (Wildman–Crippen LogP) is 4.75. The molecule has 0 spiro atoms. The molecule has 0 amide bonds.